The van der Waals surface area contributed by atoms with Gasteiger partial charge < -0.3 is 19.5 Å². The second kappa shape index (κ2) is 7.51. The van der Waals surface area contributed by atoms with Crippen molar-refractivity contribution in [3.05, 3.63) is 23.3 Å². The molecule has 2 aliphatic rings. The number of hydrogen-bond donors (Lipinski definition) is 1. The molecule has 23 heavy (non-hydrogen) atoms. The lowest BCUT2D eigenvalue weighted by molar-refractivity contribution is -0.0254. The number of benzene rings is 1. The van der Waals surface area contributed by atoms with Crippen LogP contribution in [-0.4, -0.2) is 57.0 Å². The first-order valence-corrected chi connectivity index (χ1v) is 8.60. The van der Waals surface area contributed by atoms with Gasteiger partial charge in [-0.2, -0.15) is 0 Å². The number of rotatable bonds is 6. The van der Waals surface area contributed by atoms with E-state index in [1.165, 1.54) is 11.1 Å². The molecule has 128 valence electrons. The van der Waals surface area contributed by atoms with E-state index in [0.29, 0.717) is 0 Å². The standard InChI is InChI=1S/C18H28N2O3/c1-4-20-5-6-22-17(12-20)11-19-10-15-9-16(21-3)8-14-7-13(2)23-18(14)15/h8-9,13,17,19H,4-7,10-12H2,1-3H3/t13-,17-/m0/s1. The van der Waals surface area contributed by atoms with Gasteiger partial charge in [0.15, 0.2) is 0 Å². The molecule has 1 fully saturated rings. The molecule has 1 saturated heterocycles. The molecule has 1 aromatic carbocycles. The molecule has 2 aliphatic heterocycles. The quantitative estimate of drug-likeness (QED) is 0.866. The van der Waals surface area contributed by atoms with Gasteiger partial charge in [-0.1, -0.05) is 6.92 Å². The van der Waals surface area contributed by atoms with Crippen molar-refractivity contribution in [1.29, 1.82) is 0 Å². The van der Waals surface area contributed by atoms with Gasteiger partial charge in [0.25, 0.3) is 0 Å². The van der Waals surface area contributed by atoms with Crippen molar-refractivity contribution in [3.63, 3.8) is 0 Å². The summed E-state index contributed by atoms with van der Waals surface area (Å²) in [5.41, 5.74) is 2.42. The molecule has 1 N–H and O–H groups in total. The van der Waals surface area contributed by atoms with Crippen LogP contribution in [0.1, 0.15) is 25.0 Å². The summed E-state index contributed by atoms with van der Waals surface area (Å²) in [6, 6.07) is 4.16. The Morgan fingerprint density at radius 3 is 3.04 bits per heavy atom. The minimum Gasteiger partial charge on any atom is -0.497 e. The molecule has 0 radical (unpaired) electrons. The van der Waals surface area contributed by atoms with Gasteiger partial charge in [-0.05, 0) is 25.6 Å². The van der Waals surface area contributed by atoms with Crippen LogP contribution in [0.5, 0.6) is 11.5 Å². The summed E-state index contributed by atoms with van der Waals surface area (Å²) >= 11 is 0. The van der Waals surface area contributed by atoms with Gasteiger partial charge in [0.2, 0.25) is 0 Å². The van der Waals surface area contributed by atoms with Crippen molar-refractivity contribution in [2.24, 2.45) is 0 Å². The molecule has 0 bridgehead atoms. The maximum atomic E-state index is 5.98. The Morgan fingerprint density at radius 2 is 2.26 bits per heavy atom. The molecule has 2 heterocycles. The van der Waals surface area contributed by atoms with Crippen LogP contribution in [0.2, 0.25) is 0 Å². The third kappa shape index (κ3) is 3.97. The SMILES string of the molecule is CCN1CCO[C@@H](CNCc2cc(OC)cc3c2O[C@@H](C)C3)C1. The summed E-state index contributed by atoms with van der Waals surface area (Å²) in [5, 5.41) is 3.52. The van der Waals surface area contributed by atoms with Crippen LogP contribution in [0.25, 0.3) is 0 Å². The molecular formula is C18H28N2O3. The van der Waals surface area contributed by atoms with Crippen LogP contribution >= 0.6 is 0 Å². The Hall–Kier alpha value is -1.30. The van der Waals surface area contributed by atoms with Gasteiger partial charge in [-0.3, -0.25) is 4.90 Å². The van der Waals surface area contributed by atoms with E-state index in [1.54, 1.807) is 7.11 Å². The highest BCUT2D eigenvalue weighted by Gasteiger charge is 2.24. The van der Waals surface area contributed by atoms with E-state index in [4.69, 9.17) is 14.2 Å². The lowest BCUT2D eigenvalue weighted by Crippen LogP contribution is -2.46. The van der Waals surface area contributed by atoms with Gasteiger partial charge in [0.05, 0.1) is 19.8 Å². The molecule has 0 spiro atoms. The number of likely N-dealkylation sites (N-methyl/N-ethyl adjacent to an activating group) is 1. The lowest BCUT2D eigenvalue weighted by Gasteiger charge is -2.32. The average Bonchev–Trinajstić information content (AvgIpc) is 2.95. The first kappa shape index (κ1) is 16.6. The van der Waals surface area contributed by atoms with Crippen LogP contribution in [-0.2, 0) is 17.7 Å². The number of hydrogen-bond acceptors (Lipinski definition) is 5. The van der Waals surface area contributed by atoms with Crippen LogP contribution in [0.4, 0.5) is 0 Å². The van der Waals surface area contributed by atoms with Gasteiger partial charge in [0.1, 0.15) is 17.6 Å². The molecule has 0 aliphatic carbocycles. The highest BCUT2D eigenvalue weighted by Crippen LogP contribution is 2.36. The van der Waals surface area contributed by atoms with E-state index >= 15 is 0 Å². The summed E-state index contributed by atoms with van der Waals surface area (Å²) in [6.07, 6.45) is 1.47. The molecule has 5 nitrogen and oxygen atoms in total. The van der Waals surface area contributed by atoms with Crippen molar-refractivity contribution >= 4 is 0 Å². The summed E-state index contributed by atoms with van der Waals surface area (Å²) in [6.45, 7) is 9.92. The molecule has 5 heteroatoms. The largest absolute Gasteiger partial charge is 0.497 e. The zero-order valence-electron chi connectivity index (χ0n) is 14.4. The highest BCUT2D eigenvalue weighted by atomic mass is 16.5. The van der Waals surface area contributed by atoms with Crippen molar-refractivity contribution in [3.8, 4) is 11.5 Å². The molecule has 3 rings (SSSR count). The molecule has 0 saturated carbocycles. The van der Waals surface area contributed by atoms with Crippen LogP contribution in [0.15, 0.2) is 12.1 Å². The number of fused-ring (bicyclic) bond motifs is 1. The van der Waals surface area contributed by atoms with Gasteiger partial charge in [0, 0.05) is 43.7 Å². The van der Waals surface area contributed by atoms with Crippen molar-refractivity contribution in [1.82, 2.24) is 10.2 Å². The predicted octanol–water partition coefficient (Wildman–Crippen LogP) is 1.83. The summed E-state index contributed by atoms with van der Waals surface area (Å²) in [5.74, 6) is 1.94. The molecule has 0 aromatic heterocycles. The number of nitrogens with zero attached hydrogens (tertiary/aromatic N) is 1. The van der Waals surface area contributed by atoms with E-state index in [9.17, 15) is 0 Å². The maximum absolute atomic E-state index is 5.98. The fraction of sp³-hybridized carbons (Fsp3) is 0.667. The van der Waals surface area contributed by atoms with E-state index in [2.05, 4.69) is 36.2 Å². The topological polar surface area (TPSA) is 43.0 Å². The van der Waals surface area contributed by atoms with Crippen LogP contribution in [0, 0.1) is 0 Å². The minimum absolute atomic E-state index is 0.246. The van der Waals surface area contributed by atoms with E-state index in [0.717, 1.165) is 57.3 Å². The normalized spacial score (nSPS) is 24.3. The predicted molar refractivity (Wildman–Crippen MR) is 90.3 cm³/mol. The fourth-order valence-electron chi connectivity index (χ4n) is 3.39. The number of nitrogens with one attached hydrogen (secondary N) is 1. The Labute approximate surface area is 138 Å². The lowest BCUT2D eigenvalue weighted by atomic mass is 10.1. The van der Waals surface area contributed by atoms with Crippen LogP contribution in [0.3, 0.4) is 0 Å². The summed E-state index contributed by atoms with van der Waals surface area (Å²) < 4.78 is 17.2. The van der Waals surface area contributed by atoms with Gasteiger partial charge in [-0.25, -0.2) is 0 Å². The number of ether oxygens (including phenoxy) is 3. The Bertz CT molecular complexity index is 535. The maximum Gasteiger partial charge on any atom is 0.127 e. The Kier molecular flexibility index (Phi) is 5.41. The van der Waals surface area contributed by atoms with Crippen LogP contribution < -0.4 is 14.8 Å². The minimum atomic E-state index is 0.246. The first-order chi connectivity index (χ1) is 11.2. The van der Waals surface area contributed by atoms with Gasteiger partial charge >= 0.3 is 0 Å². The fourth-order valence-corrected chi connectivity index (χ4v) is 3.39. The van der Waals surface area contributed by atoms with E-state index < -0.39 is 0 Å². The number of methoxy groups -OCH3 is 1. The second-order valence-corrected chi connectivity index (χ2v) is 6.42. The highest BCUT2D eigenvalue weighted by molar-refractivity contribution is 5.49. The molecular weight excluding hydrogens is 292 g/mol. The second-order valence-electron chi connectivity index (χ2n) is 6.42. The smallest absolute Gasteiger partial charge is 0.127 e. The molecule has 2 atom stereocenters. The molecule has 1 aromatic rings. The first-order valence-electron chi connectivity index (χ1n) is 8.60. The van der Waals surface area contributed by atoms with E-state index in [-0.39, 0.29) is 12.2 Å². The van der Waals surface area contributed by atoms with Crippen molar-refractivity contribution in [2.45, 2.75) is 39.0 Å². The molecule has 0 amide bonds. The third-order valence-corrected chi connectivity index (χ3v) is 4.64. The summed E-state index contributed by atoms with van der Waals surface area (Å²) in [4.78, 5) is 2.43. The van der Waals surface area contributed by atoms with Crippen molar-refractivity contribution < 1.29 is 14.2 Å². The van der Waals surface area contributed by atoms with Gasteiger partial charge in [-0.15, -0.1) is 0 Å². The monoisotopic (exact) mass is 320 g/mol. The average molecular weight is 320 g/mol. The zero-order valence-corrected chi connectivity index (χ0v) is 14.4. The Balaban J connectivity index is 1.59. The summed E-state index contributed by atoms with van der Waals surface area (Å²) in [7, 11) is 1.72. The number of morpholine rings is 1. The Morgan fingerprint density at radius 1 is 1.39 bits per heavy atom. The van der Waals surface area contributed by atoms with Crippen molar-refractivity contribution in [2.75, 3.05) is 39.9 Å². The van der Waals surface area contributed by atoms with E-state index in [1.807, 2.05) is 0 Å². The zero-order chi connectivity index (χ0) is 16.2. The third-order valence-electron chi connectivity index (χ3n) is 4.64. The molecule has 0 unspecified atom stereocenters.